The van der Waals surface area contributed by atoms with E-state index in [1.807, 2.05) is 0 Å². The molecule has 64 valence electrons. The Hall–Kier alpha value is -1.38. The van der Waals surface area contributed by atoms with Gasteiger partial charge in [-0.2, -0.15) is 0 Å². The van der Waals surface area contributed by atoms with Crippen LogP contribution in [0.25, 0.3) is 0 Å². The second kappa shape index (κ2) is 2.93. The molecule has 3 nitrogen and oxygen atoms in total. The van der Waals surface area contributed by atoms with Gasteiger partial charge in [-0.25, -0.2) is 0 Å². The molecule has 0 radical (unpaired) electrons. The van der Waals surface area contributed by atoms with Crippen molar-refractivity contribution in [2.45, 2.75) is 20.8 Å². The number of nitrogens with one attached hydrogen (secondary N) is 1. The van der Waals surface area contributed by atoms with E-state index in [1.165, 1.54) is 0 Å². The topological polar surface area (TPSA) is 49.9 Å². The maximum absolute atomic E-state index is 11.2. The number of carbonyl (C=O) groups is 1. The van der Waals surface area contributed by atoms with Crippen LogP contribution in [-0.4, -0.2) is 11.3 Å². The van der Waals surface area contributed by atoms with Crippen molar-refractivity contribution in [2.24, 2.45) is 0 Å². The van der Waals surface area contributed by atoms with Crippen LogP contribution in [-0.2, 0) is 0 Å². The monoisotopic (exact) mass is 165 g/mol. The Labute approximate surface area is 70.4 Å². The second-order valence-electron chi connectivity index (χ2n) is 2.86. The van der Waals surface area contributed by atoms with Crippen LogP contribution >= 0.6 is 0 Å². The van der Waals surface area contributed by atoms with Gasteiger partial charge in [0.05, 0.1) is 0 Å². The van der Waals surface area contributed by atoms with Crippen molar-refractivity contribution in [3.8, 4) is 0 Å². The highest BCUT2D eigenvalue weighted by atomic mass is 16.1. The van der Waals surface area contributed by atoms with Gasteiger partial charge in [0.1, 0.15) is 0 Å². The minimum atomic E-state index is -0.115. The van der Waals surface area contributed by atoms with E-state index in [2.05, 4.69) is 4.98 Å². The van der Waals surface area contributed by atoms with E-state index >= 15 is 0 Å². The predicted octanol–water partition coefficient (Wildman–Crippen LogP) is 1.11. The van der Waals surface area contributed by atoms with Crippen molar-refractivity contribution in [1.82, 2.24) is 4.98 Å². The van der Waals surface area contributed by atoms with Gasteiger partial charge in [0, 0.05) is 16.8 Å². The zero-order chi connectivity index (χ0) is 9.30. The quantitative estimate of drug-likeness (QED) is 0.634. The summed E-state index contributed by atoms with van der Waals surface area (Å²) >= 11 is 0. The van der Waals surface area contributed by atoms with Crippen molar-refractivity contribution in [3.63, 3.8) is 0 Å². The van der Waals surface area contributed by atoms with E-state index in [9.17, 15) is 9.59 Å². The smallest absolute Gasteiger partial charge is 0.251 e. The van der Waals surface area contributed by atoms with E-state index in [0.717, 1.165) is 11.8 Å². The van der Waals surface area contributed by atoms with Crippen LogP contribution in [0.5, 0.6) is 0 Å². The first kappa shape index (κ1) is 8.71. The first-order valence-electron chi connectivity index (χ1n) is 3.73. The van der Waals surface area contributed by atoms with Gasteiger partial charge in [0.25, 0.3) is 5.56 Å². The van der Waals surface area contributed by atoms with E-state index in [-0.39, 0.29) is 5.56 Å². The number of rotatable bonds is 1. The lowest BCUT2D eigenvalue weighted by Gasteiger charge is -2.04. The van der Waals surface area contributed by atoms with Gasteiger partial charge in [-0.1, -0.05) is 0 Å². The number of hydrogen-bond acceptors (Lipinski definition) is 2. The molecule has 0 saturated heterocycles. The van der Waals surface area contributed by atoms with E-state index in [1.54, 1.807) is 20.8 Å². The van der Waals surface area contributed by atoms with Crippen LogP contribution < -0.4 is 5.56 Å². The van der Waals surface area contributed by atoms with Crippen LogP contribution in [0, 0.1) is 20.8 Å². The summed E-state index contributed by atoms with van der Waals surface area (Å²) in [6.07, 6.45) is 0.771. The Morgan fingerprint density at radius 2 is 1.75 bits per heavy atom. The van der Waals surface area contributed by atoms with Gasteiger partial charge < -0.3 is 4.98 Å². The molecular weight excluding hydrogens is 154 g/mol. The highest BCUT2D eigenvalue weighted by Crippen LogP contribution is 2.08. The molecule has 0 aliphatic rings. The average Bonchev–Trinajstić information content (AvgIpc) is 2.01. The summed E-state index contributed by atoms with van der Waals surface area (Å²) in [5.41, 5.74) is 2.50. The van der Waals surface area contributed by atoms with Gasteiger partial charge in [0.15, 0.2) is 6.29 Å². The van der Waals surface area contributed by atoms with E-state index in [0.29, 0.717) is 16.8 Å². The molecule has 0 aliphatic carbocycles. The van der Waals surface area contributed by atoms with Crippen LogP contribution in [0.4, 0.5) is 0 Å². The number of aryl methyl sites for hydroxylation is 1. The molecular formula is C9H11NO2. The number of aromatic amines is 1. The fourth-order valence-electron chi connectivity index (χ4n) is 1.16. The molecule has 0 unspecified atom stereocenters. The Morgan fingerprint density at radius 3 is 2.25 bits per heavy atom. The summed E-state index contributed by atoms with van der Waals surface area (Å²) < 4.78 is 0. The third-order valence-electron chi connectivity index (χ3n) is 2.13. The molecule has 1 N–H and O–H groups in total. The Kier molecular flexibility index (Phi) is 2.13. The molecule has 1 heterocycles. The molecule has 0 aromatic carbocycles. The molecule has 3 heteroatoms. The van der Waals surface area contributed by atoms with Gasteiger partial charge >= 0.3 is 0 Å². The number of pyridine rings is 1. The molecule has 0 spiro atoms. The van der Waals surface area contributed by atoms with Gasteiger partial charge in [-0.15, -0.1) is 0 Å². The van der Waals surface area contributed by atoms with Crippen LogP contribution in [0.2, 0.25) is 0 Å². The maximum atomic E-state index is 11.2. The predicted molar refractivity (Wildman–Crippen MR) is 46.7 cm³/mol. The minimum Gasteiger partial charge on any atom is -0.326 e. The average molecular weight is 165 g/mol. The van der Waals surface area contributed by atoms with Crippen molar-refractivity contribution in [1.29, 1.82) is 0 Å². The third-order valence-corrected chi connectivity index (χ3v) is 2.13. The second-order valence-corrected chi connectivity index (χ2v) is 2.86. The third kappa shape index (κ3) is 1.18. The normalized spacial score (nSPS) is 9.92. The van der Waals surface area contributed by atoms with Gasteiger partial charge in [-0.3, -0.25) is 9.59 Å². The molecule has 0 fully saturated rings. The molecule has 0 amide bonds. The number of H-pyrrole nitrogens is 1. The lowest BCUT2D eigenvalue weighted by atomic mass is 10.1. The number of hydrogen-bond donors (Lipinski definition) is 1. The first-order valence-corrected chi connectivity index (χ1v) is 3.73. The van der Waals surface area contributed by atoms with Crippen LogP contribution in [0.15, 0.2) is 4.79 Å². The maximum Gasteiger partial charge on any atom is 0.251 e. The lowest BCUT2D eigenvalue weighted by molar-refractivity contribution is 0.112. The molecule has 0 bridgehead atoms. The van der Waals surface area contributed by atoms with Crippen molar-refractivity contribution in [2.75, 3.05) is 0 Å². The molecule has 0 atom stereocenters. The lowest BCUT2D eigenvalue weighted by Crippen LogP contribution is -2.15. The first-order chi connectivity index (χ1) is 5.57. The van der Waals surface area contributed by atoms with Crippen LogP contribution in [0.1, 0.15) is 27.2 Å². The van der Waals surface area contributed by atoms with Gasteiger partial charge in [0.2, 0.25) is 0 Å². The standard InChI is InChI=1S/C9H11NO2/c1-5-6(2)9(12)10-7(3)8(5)4-11/h4H,1-3H3,(H,10,12). The van der Waals surface area contributed by atoms with E-state index < -0.39 is 0 Å². The zero-order valence-corrected chi connectivity index (χ0v) is 7.39. The summed E-state index contributed by atoms with van der Waals surface area (Å²) in [4.78, 5) is 24.4. The zero-order valence-electron chi connectivity index (χ0n) is 7.39. The van der Waals surface area contributed by atoms with E-state index in [4.69, 9.17) is 0 Å². The SMILES string of the molecule is Cc1[nH]c(=O)c(C)c(C)c1C=O. The van der Waals surface area contributed by atoms with Gasteiger partial charge in [-0.05, 0) is 26.3 Å². The molecule has 1 aromatic rings. The summed E-state index contributed by atoms with van der Waals surface area (Å²) in [5, 5.41) is 0. The molecule has 1 aromatic heterocycles. The molecule has 0 aliphatic heterocycles. The summed E-state index contributed by atoms with van der Waals surface area (Å²) in [6.45, 7) is 5.21. The molecule has 1 rings (SSSR count). The Bertz CT molecular complexity index is 377. The van der Waals surface area contributed by atoms with Crippen molar-refractivity contribution in [3.05, 3.63) is 32.7 Å². The highest BCUT2D eigenvalue weighted by molar-refractivity contribution is 5.79. The minimum absolute atomic E-state index is 0.115. The summed E-state index contributed by atoms with van der Waals surface area (Å²) in [7, 11) is 0. The summed E-state index contributed by atoms with van der Waals surface area (Å²) in [5.74, 6) is 0. The largest absolute Gasteiger partial charge is 0.326 e. The fourth-order valence-corrected chi connectivity index (χ4v) is 1.16. The molecule has 0 saturated carbocycles. The Morgan fingerprint density at radius 1 is 1.17 bits per heavy atom. The highest BCUT2D eigenvalue weighted by Gasteiger charge is 2.06. The fraction of sp³-hybridized carbons (Fsp3) is 0.333. The van der Waals surface area contributed by atoms with Crippen LogP contribution in [0.3, 0.4) is 0 Å². The number of carbonyl (C=O) groups excluding carboxylic acids is 1. The summed E-state index contributed by atoms with van der Waals surface area (Å²) in [6, 6.07) is 0. The number of aldehydes is 1. The Balaban J connectivity index is 3.62. The number of aromatic nitrogens is 1. The van der Waals surface area contributed by atoms with Crippen molar-refractivity contribution < 1.29 is 4.79 Å². The van der Waals surface area contributed by atoms with Crippen molar-refractivity contribution >= 4 is 6.29 Å². The molecule has 12 heavy (non-hydrogen) atoms.